The molecule has 0 saturated carbocycles. The predicted molar refractivity (Wildman–Crippen MR) is 167 cm³/mol. The number of piperazine rings is 1. The Labute approximate surface area is 250 Å². The van der Waals surface area contributed by atoms with Crippen LogP contribution >= 0.6 is 23.4 Å². The highest BCUT2D eigenvalue weighted by Crippen LogP contribution is 2.25. The number of hydrogen-bond acceptors (Lipinski definition) is 7. The fraction of sp³-hybridized carbons (Fsp3) is 0.250. The summed E-state index contributed by atoms with van der Waals surface area (Å²) < 4.78 is 0. The first-order chi connectivity index (χ1) is 20.1. The Hall–Kier alpha value is -3.72. The summed E-state index contributed by atoms with van der Waals surface area (Å²) in [6.07, 6.45) is 6.86. The number of aromatic nitrogens is 3. The SMILES string of the molecule is O=C(NCCc1ccccn1)c1ccc(CSc2nc(Cl)cc(N3CCN(CC=Cc4ccccc4)CC3)n2)cc1. The number of anilines is 1. The molecule has 3 heterocycles. The molecule has 2 aromatic heterocycles. The van der Waals surface area contributed by atoms with Crippen LogP contribution in [0.25, 0.3) is 6.08 Å². The van der Waals surface area contributed by atoms with Crippen molar-refractivity contribution in [1.82, 2.24) is 25.2 Å². The van der Waals surface area contributed by atoms with Crippen LogP contribution in [0.4, 0.5) is 5.82 Å². The maximum absolute atomic E-state index is 12.5. The first-order valence-electron chi connectivity index (χ1n) is 13.8. The van der Waals surface area contributed by atoms with Crippen molar-refractivity contribution in [3.05, 3.63) is 119 Å². The molecule has 0 bridgehead atoms. The molecule has 0 aliphatic carbocycles. The average molecular weight is 585 g/mol. The third kappa shape index (κ3) is 8.88. The molecule has 2 aromatic carbocycles. The smallest absolute Gasteiger partial charge is 0.251 e. The Kier molecular flexibility index (Phi) is 10.4. The first-order valence-corrected chi connectivity index (χ1v) is 15.1. The van der Waals surface area contributed by atoms with E-state index in [0.29, 0.717) is 34.6 Å². The molecule has 0 atom stereocenters. The first kappa shape index (κ1) is 28.8. The molecule has 1 amide bonds. The zero-order chi connectivity index (χ0) is 28.3. The van der Waals surface area contributed by atoms with Gasteiger partial charge in [0.15, 0.2) is 5.16 Å². The van der Waals surface area contributed by atoms with Crippen molar-refractivity contribution >= 4 is 41.2 Å². The quantitative estimate of drug-likeness (QED) is 0.139. The van der Waals surface area contributed by atoms with Gasteiger partial charge in [0.25, 0.3) is 5.91 Å². The number of amides is 1. The summed E-state index contributed by atoms with van der Waals surface area (Å²) >= 11 is 7.92. The van der Waals surface area contributed by atoms with E-state index in [1.807, 2.05) is 54.6 Å². The predicted octanol–water partition coefficient (Wildman–Crippen LogP) is 5.63. The molecule has 0 spiro atoms. The number of hydrogen-bond donors (Lipinski definition) is 1. The molecule has 1 aliphatic heterocycles. The Morgan fingerprint density at radius 3 is 2.49 bits per heavy atom. The van der Waals surface area contributed by atoms with Crippen LogP contribution in [0.2, 0.25) is 5.15 Å². The number of nitrogens with zero attached hydrogens (tertiary/aromatic N) is 5. The van der Waals surface area contributed by atoms with Gasteiger partial charge < -0.3 is 10.2 Å². The zero-order valence-electron chi connectivity index (χ0n) is 22.8. The molecule has 4 aromatic rings. The summed E-state index contributed by atoms with van der Waals surface area (Å²) in [5.74, 6) is 1.46. The van der Waals surface area contributed by atoms with Gasteiger partial charge in [0.05, 0.1) is 0 Å². The number of thioether (sulfide) groups is 1. The van der Waals surface area contributed by atoms with Gasteiger partial charge in [-0.1, -0.05) is 84.0 Å². The third-order valence-electron chi connectivity index (χ3n) is 6.81. The summed E-state index contributed by atoms with van der Waals surface area (Å²) in [6.45, 7) is 5.19. The normalized spacial score (nSPS) is 13.9. The standard InChI is InChI=1S/C32H33ClN6OS/c33-29-23-30(39-21-19-38(20-22-39)18-6-9-25-7-2-1-3-8-25)37-32(36-29)41-24-26-11-13-27(14-12-26)31(40)35-17-15-28-10-4-5-16-34-28/h1-14,16,23H,15,17-22,24H2,(H,35,40). The molecule has 1 saturated heterocycles. The van der Waals surface area contributed by atoms with Crippen LogP contribution in [-0.2, 0) is 12.2 Å². The Morgan fingerprint density at radius 2 is 1.73 bits per heavy atom. The summed E-state index contributed by atoms with van der Waals surface area (Å²) in [5, 5.41) is 4.06. The van der Waals surface area contributed by atoms with E-state index in [9.17, 15) is 4.79 Å². The van der Waals surface area contributed by atoms with Crippen LogP contribution in [0.5, 0.6) is 0 Å². The van der Waals surface area contributed by atoms with Crippen molar-refractivity contribution in [2.75, 3.05) is 44.2 Å². The van der Waals surface area contributed by atoms with Crippen LogP contribution in [-0.4, -0.2) is 65.0 Å². The summed E-state index contributed by atoms with van der Waals surface area (Å²) in [6, 6.07) is 25.7. The van der Waals surface area contributed by atoms with Gasteiger partial charge in [-0.25, -0.2) is 9.97 Å². The third-order valence-corrected chi connectivity index (χ3v) is 7.92. The molecule has 0 unspecified atom stereocenters. The number of rotatable bonds is 11. The number of carbonyl (C=O) groups is 1. The lowest BCUT2D eigenvalue weighted by Gasteiger charge is -2.35. The Bertz CT molecular complexity index is 1430. The fourth-order valence-corrected chi connectivity index (χ4v) is 5.56. The van der Waals surface area contributed by atoms with Crippen LogP contribution in [0.15, 0.2) is 96.3 Å². The minimum Gasteiger partial charge on any atom is -0.354 e. The highest BCUT2D eigenvalue weighted by molar-refractivity contribution is 7.98. The molecule has 1 N–H and O–H groups in total. The Balaban J connectivity index is 1.08. The van der Waals surface area contributed by atoms with Gasteiger partial charge in [-0.15, -0.1) is 0 Å². The van der Waals surface area contributed by atoms with Crippen LogP contribution in [0.3, 0.4) is 0 Å². The second-order valence-corrected chi connectivity index (χ2v) is 11.1. The molecule has 5 rings (SSSR count). The zero-order valence-corrected chi connectivity index (χ0v) is 24.4. The van der Waals surface area contributed by atoms with Gasteiger partial charge in [0.2, 0.25) is 0 Å². The number of pyridine rings is 1. The molecule has 7 nitrogen and oxygen atoms in total. The number of carbonyl (C=O) groups excluding carboxylic acids is 1. The van der Waals surface area contributed by atoms with E-state index in [1.165, 1.54) is 5.56 Å². The second-order valence-electron chi connectivity index (χ2n) is 9.74. The van der Waals surface area contributed by atoms with E-state index in [2.05, 4.69) is 61.5 Å². The molecule has 210 valence electrons. The molecular formula is C32H33ClN6OS. The molecule has 1 fully saturated rings. The lowest BCUT2D eigenvalue weighted by atomic mass is 10.1. The van der Waals surface area contributed by atoms with Crippen molar-refractivity contribution in [3.63, 3.8) is 0 Å². The van der Waals surface area contributed by atoms with Crippen molar-refractivity contribution < 1.29 is 4.79 Å². The lowest BCUT2D eigenvalue weighted by molar-refractivity contribution is 0.0954. The van der Waals surface area contributed by atoms with Crippen LogP contribution < -0.4 is 10.2 Å². The summed E-state index contributed by atoms with van der Waals surface area (Å²) in [4.78, 5) is 30.7. The number of nitrogens with one attached hydrogen (secondary N) is 1. The minimum absolute atomic E-state index is 0.0877. The highest BCUT2D eigenvalue weighted by atomic mass is 35.5. The summed E-state index contributed by atoms with van der Waals surface area (Å²) in [7, 11) is 0. The Morgan fingerprint density at radius 1 is 0.951 bits per heavy atom. The van der Waals surface area contributed by atoms with E-state index in [-0.39, 0.29) is 5.91 Å². The van der Waals surface area contributed by atoms with Crippen molar-refractivity contribution in [3.8, 4) is 0 Å². The fourth-order valence-electron chi connectivity index (χ4n) is 4.53. The van der Waals surface area contributed by atoms with E-state index in [0.717, 1.165) is 49.8 Å². The number of halogens is 1. The van der Waals surface area contributed by atoms with E-state index >= 15 is 0 Å². The van der Waals surface area contributed by atoms with Crippen molar-refractivity contribution in [1.29, 1.82) is 0 Å². The van der Waals surface area contributed by atoms with Gasteiger partial charge in [0, 0.05) is 75.0 Å². The largest absolute Gasteiger partial charge is 0.354 e. The van der Waals surface area contributed by atoms with Crippen molar-refractivity contribution in [2.24, 2.45) is 0 Å². The van der Waals surface area contributed by atoms with Gasteiger partial charge in [-0.05, 0) is 35.4 Å². The van der Waals surface area contributed by atoms with E-state index in [4.69, 9.17) is 16.6 Å². The monoisotopic (exact) mass is 584 g/mol. The molecular weight excluding hydrogens is 552 g/mol. The van der Waals surface area contributed by atoms with Gasteiger partial charge in [0.1, 0.15) is 11.0 Å². The minimum atomic E-state index is -0.0877. The highest BCUT2D eigenvalue weighted by Gasteiger charge is 2.19. The van der Waals surface area contributed by atoms with Gasteiger partial charge in [-0.3, -0.25) is 14.7 Å². The molecule has 9 heteroatoms. The molecule has 41 heavy (non-hydrogen) atoms. The lowest BCUT2D eigenvalue weighted by Crippen LogP contribution is -2.46. The van der Waals surface area contributed by atoms with Crippen molar-refractivity contribution in [2.45, 2.75) is 17.3 Å². The van der Waals surface area contributed by atoms with E-state index in [1.54, 1.807) is 18.0 Å². The molecule has 1 aliphatic rings. The van der Waals surface area contributed by atoms with Crippen LogP contribution in [0, 0.1) is 0 Å². The maximum atomic E-state index is 12.5. The maximum Gasteiger partial charge on any atom is 0.251 e. The topological polar surface area (TPSA) is 74.2 Å². The van der Waals surface area contributed by atoms with Gasteiger partial charge >= 0.3 is 0 Å². The van der Waals surface area contributed by atoms with Gasteiger partial charge in [-0.2, -0.15) is 0 Å². The second kappa shape index (κ2) is 14.8. The molecule has 0 radical (unpaired) electrons. The average Bonchev–Trinajstić information content (AvgIpc) is 3.01. The van der Waals surface area contributed by atoms with Crippen LogP contribution in [0.1, 0.15) is 27.2 Å². The van der Waals surface area contributed by atoms with E-state index < -0.39 is 0 Å². The summed E-state index contributed by atoms with van der Waals surface area (Å²) in [5.41, 5.74) is 3.90. The number of benzene rings is 2.